The molecule has 0 unspecified atom stereocenters. The Morgan fingerprint density at radius 3 is 2.50 bits per heavy atom. The van der Waals surface area contributed by atoms with E-state index in [1.54, 1.807) is 12.3 Å². The molecule has 2 rings (SSSR count). The highest BCUT2D eigenvalue weighted by molar-refractivity contribution is 9.10. The van der Waals surface area contributed by atoms with E-state index in [1.807, 2.05) is 6.07 Å². The van der Waals surface area contributed by atoms with Crippen LogP contribution >= 0.6 is 15.9 Å². The van der Waals surface area contributed by atoms with Gasteiger partial charge in [-0.15, -0.1) is 0 Å². The third-order valence-corrected chi connectivity index (χ3v) is 3.48. The van der Waals surface area contributed by atoms with Crippen LogP contribution in [0.2, 0.25) is 0 Å². The monoisotopic (exact) mass is 338 g/mol. The average Bonchev–Trinajstić information content (AvgIpc) is 2.35. The third-order valence-electron chi connectivity index (χ3n) is 2.87. The van der Waals surface area contributed by atoms with Gasteiger partial charge in [-0.3, -0.25) is 0 Å². The van der Waals surface area contributed by atoms with Gasteiger partial charge in [0.1, 0.15) is 5.82 Å². The molecule has 0 atom stereocenters. The summed E-state index contributed by atoms with van der Waals surface area (Å²) in [4.78, 5) is 4.22. The van der Waals surface area contributed by atoms with Crippen LogP contribution in [-0.4, -0.2) is 4.98 Å². The lowest BCUT2D eigenvalue weighted by Crippen LogP contribution is -2.11. The second kappa shape index (κ2) is 5.40. The molecule has 0 fully saturated rings. The maximum Gasteiger partial charge on any atom is 0.219 e. The number of ether oxygens (including phenoxy) is 1. The normalized spacial score (nSPS) is 11.4. The SMILES string of the molecule is CC(C)(C)c1ccc(Oc2cc(F)c(Br)cc2N)nc1. The number of benzene rings is 1. The molecule has 2 N–H and O–H groups in total. The van der Waals surface area contributed by atoms with Crippen LogP contribution in [0.4, 0.5) is 10.1 Å². The molecule has 0 saturated heterocycles. The van der Waals surface area contributed by atoms with Crippen molar-refractivity contribution < 1.29 is 9.13 Å². The van der Waals surface area contributed by atoms with Gasteiger partial charge in [-0.05, 0) is 33.0 Å². The van der Waals surface area contributed by atoms with Crippen molar-refractivity contribution in [3.63, 3.8) is 0 Å². The molecule has 0 amide bonds. The molecule has 106 valence electrons. The van der Waals surface area contributed by atoms with Crippen LogP contribution in [0.25, 0.3) is 0 Å². The highest BCUT2D eigenvalue weighted by Crippen LogP contribution is 2.32. The molecule has 0 saturated carbocycles. The van der Waals surface area contributed by atoms with Crippen LogP contribution in [0.15, 0.2) is 34.9 Å². The van der Waals surface area contributed by atoms with Gasteiger partial charge in [-0.1, -0.05) is 26.8 Å². The first-order chi connectivity index (χ1) is 9.27. The second-order valence-corrected chi connectivity index (χ2v) is 6.40. The second-order valence-electron chi connectivity index (χ2n) is 5.54. The van der Waals surface area contributed by atoms with Crippen LogP contribution in [0.5, 0.6) is 11.6 Å². The summed E-state index contributed by atoms with van der Waals surface area (Å²) in [7, 11) is 0. The average molecular weight is 339 g/mol. The number of pyridine rings is 1. The molecule has 0 spiro atoms. The first-order valence-electron chi connectivity index (χ1n) is 6.16. The van der Waals surface area contributed by atoms with E-state index in [2.05, 4.69) is 41.7 Å². The van der Waals surface area contributed by atoms with Crippen molar-refractivity contribution in [1.29, 1.82) is 0 Å². The molecule has 0 aliphatic rings. The van der Waals surface area contributed by atoms with Gasteiger partial charge in [0.15, 0.2) is 5.75 Å². The molecule has 0 bridgehead atoms. The van der Waals surface area contributed by atoms with Gasteiger partial charge in [0, 0.05) is 18.3 Å². The summed E-state index contributed by atoms with van der Waals surface area (Å²) in [5.74, 6) is 0.202. The quantitative estimate of drug-likeness (QED) is 0.810. The van der Waals surface area contributed by atoms with E-state index >= 15 is 0 Å². The van der Waals surface area contributed by atoms with E-state index in [0.717, 1.165) is 5.56 Å². The lowest BCUT2D eigenvalue weighted by atomic mass is 9.88. The Morgan fingerprint density at radius 1 is 1.25 bits per heavy atom. The number of hydrogen-bond acceptors (Lipinski definition) is 3. The molecule has 2 aromatic rings. The van der Waals surface area contributed by atoms with Gasteiger partial charge in [0.05, 0.1) is 10.2 Å². The van der Waals surface area contributed by atoms with Gasteiger partial charge in [-0.25, -0.2) is 9.37 Å². The molecule has 0 radical (unpaired) electrons. The van der Waals surface area contributed by atoms with Crippen LogP contribution in [0.1, 0.15) is 26.3 Å². The molecule has 3 nitrogen and oxygen atoms in total. The minimum absolute atomic E-state index is 0.0221. The molecule has 0 aliphatic heterocycles. The predicted molar refractivity (Wildman–Crippen MR) is 81.5 cm³/mol. The van der Waals surface area contributed by atoms with E-state index < -0.39 is 5.82 Å². The molecule has 5 heteroatoms. The summed E-state index contributed by atoms with van der Waals surface area (Å²) in [6.07, 6.45) is 1.75. The fourth-order valence-corrected chi connectivity index (χ4v) is 1.99. The van der Waals surface area contributed by atoms with Crippen molar-refractivity contribution in [3.05, 3.63) is 46.3 Å². The standard InChI is InChI=1S/C15H16BrFN2O/c1-15(2,3)9-4-5-14(19-8-9)20-13-7-11(17)10(16)6-12(13)18/h4-8H,18H2,1-3H3. The maximum atomic E-state index is 13.5. The van der Waals surface area contributed by atoms with Gasteiger partial charge in [-0.2, -0.15) is 0 Å². The molecule has 1 heterocycles. The van der Waals surface area contributed by atoms with E-state index in [9.17, 15) is 4.39 Å². The minimum atomic E-state index is -0.430. The number of rotatable bonds is 2. The molecule has 20 heavy (non-hydrogen) atoms. The third kappa shape index (κ3) is 3.28. The Bertz CT molecular complexity index is 621. The zero-order valence-electron chi connectivity index (χ0n) is 11.6. The largest absolute Gasteiger partial charge is 0.437 e. The first kappa shape index (κ1) is 14.8. The number of hydrogen-bond donors (Lipinski definition) is 1. The summed E-state index contributed by atoms with van der Waals surface area (Å²) in [5.41, 5.74) is 7.25. The zero-order chi connectivity index (χ0) is 14.9. The number of nitrogen functional groups attached to an aromatic ring is 1. The number of aromatic nitrogens is 1. The fraction of sp³-hybridized carbons (Fsp3) is 0.267. The predicted octanol–water partition coefficient (Wildman–Crippen LogP) is 4.66. The van der Waals surface area contributed by atoms with Crippen molar-refractivity contribution in [2.45, 2.75) is 26.2 Å². The van der Waals surface area contributed by atoms with Gasteiger partial charge >= 0.3 is 0 Å². The molecule has 1 aromatic heterocycles. The smallest absolute Gasteiger partial charge is 0.219 e. The van der Waals surface area contributed by atoms with Crippen molar-refractivity contribution in [2.24, 2.45) is 0 Å². The summed E-state index contributed by atoms with van der Waals surface area (Å²) in [6.45, 7) is 6.31. The van der Waals surface area contributed by atoms with Crippen LogP contribution in [-0.2, 0) is 5.41 Å². The number of anilines is 1. The minimum Gasteiger partial charge on any atom is -0.437 e. The van der Waals surface area contributed by atoms with Crippen LogP contribution in [0.3, 0.4) is 0 Å². The topological polar surface area (TPSA) is 48.1 Å². The van der Waals surface area contributed by atoms with Gasteiger partial charge < -0.3 is 10.5 Å². The summed E-state index contributed by atoms with van der Waals surface area (Å²) in [5, 5.41) is 0. The first-order valence-corrected chi connectivity index (χ1v) is 6.95. The molecular formula is C15H16BrFN2O. The van der Waals surface area contributed by atoms with Crippen LogP contribution < -0.4 is 10.5 Å². The maximum absolute atomic E-state index is 13.5. The zero-order valence-corrected chi connectivity index (χ0v) is 13.2. The van der Waals surface area contributed by atoms with Gasteiger partial charge in [0.2, 0.25) is 5.88 Å². The summed E-state index contributed by atoms with van der Waals surface area (Å²) in [6, 6.07) is 6.39. The van der Waals surface area contributed by atoms with E-state index in [1.165, 1.54) is 12.1 Å². The number of nitrogens with zero attached hydrogens (tertiary/aromatic N) is 1. The Balaban J connectivity index is 2.25. The van der Waals surface area contributed by atoms with Crippen molar-refractivity contribution in [1.82, 2.24) is 4.98 Å². The Hall–Kier alpha value is -1.62. The fourth-order valence-electron chi connectivity index (χ4n) is 1.63. The van der Waals surface area contributed by atoms with Crippen molar-refractivity contribution in [3.8, 4) is 11.6 Å². The van der Waals surface area contributed by atoms with Gasteiger partial charge in [0.25, 0.3) is 0 Å². The Kier molecular flexibility index (Phi) is 3.99. The highest BCUT2D eigenvalue weighted by Gasteiger charge is 2.14. The van der Waals surface area contributed by atoms with E-state index in [-0.39, 0.29) is 11.2 Å². The van der Waals surface area contributed by atoms with Crippen molar-refractivity contribution >= 4 is 21.6 Å². The van der Waals surface area contributed by atoms with E-state index in [0.29, 0.717) is 16.0 Å². The summed E-state index contributed by atoms with van der Waals surface area (Å²) < 4.78 is 19.3. The number of halogens is 2. The van der Waals surface area contributed by atoms with E-state index in [4.69, 9.17) is 10.5 Å². The Morgan fingerprint density at radius 2 is 1.95 bits per heavy atom. The lowest BCUT2D eigenvalue weighted by molar-refractivity contribution is 0.458. The number of nitrogens with two attached hydrogens (primary N) is 1. The highest BCUT2D eigenvalue weighted by atomic mass is 79.9. The van der Waals surface area contributed by atoms with Crippen LogP contribution in [0, 0.1) is 5.82 Å². The molecule has 0 aliphatic carbocycles. The Labute approximate surface area is 126 Å². The van der Waals surface area contributed by atoms with Crippen molar-refractivity contribution in [2.75, 3.05) is 5.73 Å². The lowest BCUT2D eigenvalue weighted by Gasteiger charge is -2.18. The molecule has 1 aromatic carbocycles. The summed E-state index contributed by atoms with van der Waals surface area (Å²) >= 11 is 3.07. The molecular weight excluding hydrogens is 323 g/mol.